The Hall–Kier alpha value is -0.820. The van der Waals surface area contributed by atoms with Crippen LogP contribution in [0.25, 0.3) is 0 Å². The second kappa shape index (κ2) is 4.63. The van der Waals surface area contributed by atoms with E-state index in [1.807, 2.05) is 0 Å². The minimum atomic E-state index is -3.31. The lowest BCUT2D eigenvalue weighted by Gasteiger charge is -2.18. The van der Waals surface area contributed by atoms with Gasteiger partial charge in [-0.2, -0.15) is 4.37 Å². The van der Waals surface area contributed by atoms with Gasteiger partial charge in [0.15, 0.2) is 15.7 Å². The van der Waals surface area contributed by atoms with E-state index in [0.29, 0.717) is 22.9 Å². The fourth-order valence-electron chi connectivity index (χ4n) is 2.51. The van der Waals surface area contributed by atoms with Crippen LogP contribution < -0.4 is 11.1 Å². The van der Waals surface area contributed by atoms with Gasteiger partial charge < -0.3 is 11.1 Å². The van der Waals surface area contributed by atoms with Gasteiger partial charge in [0.1, 0.15) is 9.90 Å². The second-order valence-corrected chi connectivity index (χ2v) is 8.46. The first-order chi connectivity index (χ1) is 9.03. The molecule has 106 valence electrons. The van der Waals surface area contributed by atoms with E-state index < -0.39 is 9.84 Å². The Morgan fingerprint density at radius 1 is 1.37 bits per heavy atom. The van der Waals surface area contributed by atoms with Gasteiger partial charge in [0.2, 0.25) is 0 Å². The highest BCUT2D eigenvalue weighted by atomic mass is 32.2. The quantitative estimate of drug-likeness (QED) is 0.840. The number of hydrogen-bond donors (Lipinski definition) is 2. The third-order valence-corrected chi connectivity index (χ3v) is 6.64. The average molecular weight is 301 g/mol. The van der Waals surface area contributed by atoms with Crippen molar-refractivity contribution in [3.63, 3.8) is 0 Å². The number of nitrogens with one attached hydrogen (secondary N) is 1. The molecule has 5 nitrogen and oxygen atoms in total. The number of anilines is 2. The van der Waals surface area contributed by atoms with Crippen molar-refractivity contribution in [3.8, 4) is 0 Å². The highest BCUT2D eigenvalue weighted by Crippen LogP contribution is 2.47. The summed E-state index contributed by atoms with van der Waals surface area (Å²) in [6.07, 6.45) is 4.99. The largest absolute Gasteiger partial charge is 0.382 e. The van der Waals surface area contributed by atoms with Crippen LogP contribution in [0.5, 0.6) is 0 Å². The lowest BCUT2D eigenvalue weighted by Crippen LogP contribution is -2.24. The molecular weight excluding hydrogens is 282 g/mol. The molecule has 0 atom stereocenters. The lowest BCUT2D eigenvalue weighted by atomic mass is 10.1. The van der Waals surface area contributed by atoms with E-state index >= 15 is 0 Å². The number of sulfone groups is 1. The molecule has 19 heavy (non-hydrogen) atoms. The number of nitrogens with two attached hydrogens (primary N) is 1. The van der Waals surface area contributed by atoms with Gasteiger partial charge in [0.05, 0.1) is 5.75 Å². The van der Waals surface area contributed by atoms with Gasteiger partial charge in [-0.1, -0.05) is 6.92 Å². The van der Waals surface area contributed by atoms with Crippen LogP contribution in [0.2, 0.25) is 0 Å². The molecule has 7 heteroatoms. The molecule has 0 aliphatic heterocycles. The molecule has 1 heterocycles. The first kappa shape index (κ1) is 13.2. The molecule has 3 N–H and O–H groups in total. The van der Waals surface area contributed by atoms with Crippen molar-refractivity contribution in [2.75, 3.05) is 16.8 Å². The van der Waals surface area contributed by atoms with Crippen molar-refractivity contribution in [2.45, 2.75) is 43.5 Å². The fourth-order valence-corrected chi connectivity index (χ4v) is 4.72. The molecule has 2 saturated carbocycles. The maximum Gasteiger partial charge on any atom is 0.184 e. The summed E-state index contributed by atoms with van der Waals surface area (Å²) in [6, 6.07) is 0.408. The van der Waals surface area contributed by atoms with E-state index in [-0.39, 0.29) is 16.5 Å². The zero-order chi connectivity index (χ0) is 13.6. The molecule has 0 amide bonds. The van der Waals surface area contributed by atoms with Crippen LogP contribution in [-0.2, 0) is 9.84 Å². The summed E-state index contributed by atoms with van der Waals surface area (Å²) in [5, 5.41) is 4.07. The third kappa shape index (κ3) is 2.58. The normalized spacial score (nSPS) is 19.9. The highest BCUT2D eigenvalue weighted by molar-refractivity contribution is 7.91. The van der Waals surface area contributed by atoms with E-state index in [4.69, 9.17) is 5.73 Å². The Morgan fingerprint density at radius 3 is 2.42 bits per heavy atom. The van der Waals surface area contributed by atoms with Gasteiger partial charge in [-0.3, -0.25) is 0 Å². The molecule has 2 fully saturated rings. The lowest BCUT2D eigenvalue weighted by molar-refractivity contribution is 0.567. The molecule has 1 aromatic heterocycles. The van der Waals surface area contributed by atoms with E-state index in [2.05, 4.69) is 9.69 Å². The van der Waals surface area contributed by atoms with Crippen LogP contribution in [0.1, 0.15) is 32.6 Å². The van der Waals surface area contributed by atoms with Gasteiger partial charge in [0.25, 0.3) is 0 Å². The highest BCUT2D eigenvalue weighted by Gasteiger charge is 2.42. The minimum absolute atomic E-state index is 0.0574. The molecular formula is C12H19N3O2S2. The molecule has 1 aromatic rings. The summed E-state index contributed by atoms with van der Waals surface area (Å²) in [5.74, 6) is 1.60. The first-order valence-corrected chi connectivity index (χ1v) is 9.20. The third-order valence-electron chi connectivity index (χ3n) is 3.92. The molecule has 0 saturated heterocycles. The van der Waals surface area contributed by atoms with Crippen LogP contribution in [-0.4, -0.2) is 24.6 Å². The SMILES string of the molecule is CCS(=O)(=O)c1c(N)nsc1NC(C1CC1)C1CC1. The number of aromatic nitrogens is 1. The standard InChI is InChI=1S/C12H19N3O2S2/c1-2-19(16,17)10-11(13)15-18-12(10)14-9(7-3-4-7)8-5-6-8/h7-9,14H,2-6H2,1H3,(H2,13,15). The van der Waals surface area contributed by atoms with Gasteiger partial charge >= 0.3 is 0 Å². The van der Waals surface area contributed by atoms with Crippen molar-refractivity contribution in [1.29, 1.82) is 0 Å². The Morgan fingerprint density at radius 2 is 1.95 bits per heavy atom. The van der Waals surface area contributed by atoms with Crippen molar-refractivity contribution < 1.29 is 8.42 Å². The minimum Gasteiger partial charge on any atom is -0.382 e. The topological polar surface area (TPSA) is 85.1 Å². The summed E-state index contributed by atoms with van der Waals surface area (Å²) in [4.78, 5) is 0.214. The van der Waals surface area contributed by atoms with Crippen LogP contribution >= 0.6 is 11.5 Å². The van der Waals surface area contributed by atoms with Crippen molar-refractivity contribution in [2.24, 2.45) is 11.8 Å². The predicted molar refractivity (Wildman–Crippen MR) is 77.1 cm³/mol. The van der Waals surface area contributed by atoms with Crippen LogP contribution in [0, 0.1) is 11.8 Å². The predicted octanol–water partition coefficient (Wildman–Crippen LogP) is 2.12. The molecule has 2 aliphatic carbocycles. The zero-order valence-electron chi connectivity index (χ0n) is 10.9. The molecule has 0 aromatic carbocycles. The van der Waals surface area contributed by atoms with Crippen LogP contribution in [0.4, 0.5) is 10.8 Å². The Labute approximate surface area is 117 Å². The van der Waals surface area contributed by atoms with Gasteiger partial charge in [-0.05, 0) is 49.1 Å². The van der Waals surface area contributed by atoms with Crippen molar-refractivity contribution in [1.82, 2.24) is 4.37 Å². The maximum absolute atomic E-state index is 12.1. The summed E-state index contributed by atoms with van der Waals surface area (Å²) < 4.78 is 28.2. The summed E-state index contributed by atoms with van der Waals surface area (Å²) >= 11 is 1.17. The number of rotatable bonds is 6. The molecule has 0 spiro atoms. The van der Waals surface area contributed by atoms with E-state index in [1.54, 1.807) is 6.92 Å². The molecule has 0 unspecified atom stereocenters. The number of nitrogens with zero attached hydrogens (tertiary/aromatic N) is 1. The van der Waals surface area contributed by atoms with Gasteiger partial charge in [-0.25, -0.2) is 8.42 Å². The number of nitrogen functional groups attached to an aromatic ring is 1. The van der Waals surface area contributed by atoms with Gasteiger partial charge in [-0.15, -0.1) is 0 Å². The van der Waals surface area contributed by atoms with Crippen molar-refractivity contribution in [3.05, 3.63) is 0 Å². The monoisotopic (exact) mass is 301 g/mol. The smallest absolute Gasteiger partial charge is 0.184 e. The van der Waals surface area contributed by atoms with E-state index in [9.17, 15) is 8.42 Å². The molecule has 0 bridgehead atoms. The Kier molecular flexibility index (Phi) is 3.21. The van der Waals surface area contributed by atoms with Crippen LogP contribution in [0.3, 0.4) is 0 Å². The Balaban J connectivity index is 1.88. The average Bonchev–Trinajstić information content (AvgIpc) is 3.25. The summed E-state index contributed by atoms with van der Waals surface area (Å²) in [6.45, 7) is 1.63. The molecule has 2 aliphatic rings. The first-order valence-electron chi connectivity index (χ1n) is 6.77. The Bertz CT molecular complexity index is 562. The van der Waals surface area contributed by atoms with Crippen LogP contribution in [0.15, 0.2) is 4.90 Å². The number of hydrogen-bond acceptors (Lipinski definition) is 6. The molecule has 3 rings (SSSR count). The summed E-state index contributed by atoms with van der Waals surface area (Å²) in [7, 11) is -3.31. The van der Waals surface area contributed by atoms with E-state index in [1.165, 1.54) is 37.2 Å². The molecule has 0 radical (unpaired) electrons. The maximum atomic E-state index is 12.1. The second-order valence-electron chi connectivity index (χ2n) is 5.47. The van der Waals surface area contributed by atoms with Gasteiger partial charge in [0, 0.05) is 6.04 Å². The summed E-state index contributed by atoms with van der Waals surface area (Å²) in [5.41, 5.74) is 5.74. The fraction of sp³-hybridized carbons (Fsp3) is 0.750. The van der Waals surface area contributed by atoms with E-state index in [0.717, 1.165) is 0 Å². The van der Waals surface area contributed by atoms with Crippen molar-refractivity contribution >= 4 is 32.2 Å². The zero-order valence-corrected chi connectivity index (χ0v) is 12.6.